The lowest BCUT2D eigenvalue weighted by molar-refractivity contribution is -0.161. The third-order valence-electron chi connectivity index (χ3n) is 8.71. The van der Waals surface area contributed by atoms with Gasteiger partial charge in [0.2, 0.25) is 5.91 Å². The monoisotopic (exact) mass is 625 g/mol. The molecule has 0 saturated heterocycles. The molecule has 1 amide bonds. The number of amides is 1. The summed E-state index contributed by atoms with van der Waals surface area (Å²) in [5.41, 5.74) is -0.159. The average molecular weight is 628 g/mol. The van der Waals surface area contributed by atoms with E-state index in [4.69, 9.17) is 0 Å². The highest BCUT2D eigenvalue weighted by Crippen LogP contribution is 2.82. The molecule has 0 aromatic carbocycles. The summed E-state index contributed by atoms with van der Waals surface area (Å²) in [6.45, 7) is 7.67. The quantitative estimate of drug-likeness (QED) is 0.126. The zero-order chi connectivity index (χ0) is 23.0. The van der Waals surface area contributed by atoms with Crippen molar-refractivity contribution < 1.29 is 4.79 Å². The van der Waals surface area contributed by atoms with E-state index in [2.05, 4.69) is 73.9 Å². The van der Waals surface area contributed by atoms with Crippen molar-refractivity contribution in [1.82, 2.24) is 5.32 Å². The molecule has 0 spiro atoms. The number of fused-ring (bicyclic) bond motifs is 1. The molecule has 3 atom stereocenters. The van der Waals surface area contributed by atoms with E-state index in [-0.39, 0.29) is 30.7 Å². The Hall–Kier alpha value is 0.910. The summed E-state index contributed by atoms with van der Waals surface area (Å²) < 4.78 is 0.237. The van der Waals surface area contributed by atoms with Gasteiger partial charge in [-0.3, -0.25) is 4.79 Å². The van der Waals surface area contributed by atoms with E-state index >= 15 is 0 Å². The predicted molar refractivity (Wildman–Crippen MR) is 146 cm³/mol. The number of halogens is 3. The Bertz CT molecular complexity index is 553. The molecule has 0 heterocycles. The second kappa shape index (κ2) is 13.1. The Labute approximate surface area is 217 Å². The van der Waals surface area contributed by atoms with Gasteiger partial charge in [-0.15, -0.1) is 0 Å². The predicted octanol–water partition coefficient (Wildman–Crippen LogP) is 9.27. The molecule has 0 aromatic rings. The van der Waals surface area contributed by atoms with Crippen molar-refractivity contribution >= 4 is 53.7 Å². The van der Waals surface area contributed by atoms with E-state index in [9.17, 15) is 4.79 Å². The van der Waals surface area contributed by atoms with Crippen molar-refractivity contribution in [3.8, 4) is 0 Å². The minimum absolute atomic E-state index is 0.00851. The fraction of sp³-hybridized carbons (Fsp3) is 0.962. The molecule has 0 aromatic heterocycles. The summed E-state index contributed by atoms with van der Waals surface area (Å²) in [7, 11) is 0. The van der Waals surface area contributed by atoms with Gasteiger partial charge in [-0.1, -0.05) is 152 Å². The maximum Gasteiger partial charge on any atom is 0.227 e. The van der Waals surface area contributed by atoms with Crippen LogP contribution in [0, 0.1) is 16.2 Å². The maximum absolute atomic E-state index is 13.2. The molecular formula is C26H46Br3NO. The molecule has 3 saturated carbocycles. The molecule has 1 N–H and O–H groups in total. The molecule has 182 valence electrons. The van der Waals surface area contributed by atoms with E-state index in [1.807, 2.05) is 0 Å². The molecular weight excluding hydrogens is 582 g/mol. The molecule has 0 aliphatic heterocycles. The Morgan fingerprint density at radius 2 is 1.29 bits per heavy atom. The molecule has 3 fully saturated rings. The highest BCUT2D eigenvalue weighted by molar-refractivity contribution is 9.24. The van der Waals surface area contributed by atoms with E-state index in [1.54, 1.807) is 0 Å². The van der Waals surface area contributed by atoms with E-state index < -0.39 is 0 Å². The highest BCUT2D eigenvalue weighted by Gasteiger charge is 2.83. The second-order valence-corrected chi connectivity index (χ2v) is 14.6. The number of carbonyl (C=O) groups excluding carboxylic acids is 1. The van der Waals surface area contributed by atoms with Crippen LogP contribution in [0.4, 0.5) is 0 Å². The van der Waals surface area contributed by atoms with Crippen LogP contribution in [0.3, 0.4) is 0 Å². The van der Waals surface area contributed by atoms with Gasteiger partial charge in [-0.25, -0.2) is 0 Å². The Balaban J connectivity index is 1.49. The van der Waals surface area contributed by atoms with Crippen molar-refractivity contribution in [1.29, 1.82) is 0 Å². The summed E-state index contributed by atoms with van der Waals surface area (Å²) in [5, 5.41) is 3.29. The van der Waals surface area contributed by atoms with Crippen molar-refractivity contribution in [2.24, 2.45) is 16.2 Å². The third kappa shape index (κ3) is 5.77. The Kier molecular flexibility index (Phi) is 11.9. The minimum Gasteiger partial charge on any atom is -0.356 e. The number of hydrogen-bond acceptors (Lipinski definition) is 1. The van der Waals surface area contributed by atoms with Gasteiger partial charge >= 0.3 is 0 Å². The van der Waals surface area contributed by atoms with Gasteiger partial charge in [-0.05, 0) is 24.7 Å². The van der Waals surface area contributed by atoms with Crippen LogP contribution in [0.15, 0.2) is 0 Å². The van der Waals surface area contributed by atoms with Crippen LogP contribution in [-0.2, 0) is 4.79 Å². The first-order chi connectivity index (χ1) is 14.8. The zero-order valence-electron chi connectivity index (χ0n) is 20.2. The second-order valence-electron chi connectivity index (χ2n) is 10.7. The first-order valence-corrected chi connectivity index (χ1v) is 15.7. The van der Waals surface area contributed by atoms with Gasteiger partial charge < -0.3 is 5.32 Å². The number of alkyl halides is 3. The lowest BCUT2D eigenvalue weighted by Crippen LogP contribution is -2.72. The summed E-state index contributed by atoms with van der Waals surface area (Å²) in [6.07, 6.45) is 21.2. The van der Waals surface area contributed by atoms with E-state index in [1.165, 1.54) is 83.5 Å². The summed E-state index contributed by atoms with van der Waals surface area (Å²) in [4.78, 5) is 13.4. The van der Waals surface area contributed by atoms with Crippen LogP contribution in [0.5, 0.6) is 0 Å². The van der Waals surface area contributed by atoms with Crippen molar-refractivity contribution in [3.05, 3.63) is 0 Å². The normalized spacial score (nSPS) is 28.7. The first-order valence-electron chi connectivity index (χ1n) is 13.0. The van der Waals surface area contributed by atoms with E-state index in [0.29, 0.717) is 0 Å². The minimum atomic E-state index is -0.261. The average Bonchev–Trinajstić information content (AvgIpc) is 3.20. The number of nitrogens with one attached hydrogen (secondary N) is 1. The number of carbonyl (C=O) groups is 1. The molecule has 3 aliphatic carbocycles. The summed E-state index contributed by atoms with van der Waals surface area (Å²) >= 11 is 11.4. The molecule has 3 aliphatic rings. The van der Waals surface area contributed by atoms with Crippen LogP contribution in [0.1, 0.15) is 124 Å². The molecule has 0 radical (unpaired) electrons. The van der Waals surface area contributed by atoms with Gasteiger partial charge in [0.15, 0.2) is 0 Å². The molecule has 2 nitrogen and oxygen atoms in total. The SMILES string of the molecule is CCCCCCCCCCCCCCCCNC(=O)[C@]12CC[C@](C(Br)Br)([C@@H]1Br)C2(C)C. The molecule has 31 heavy (non-hydrogen) atoms. The van der Waals surface area contributed by atoms with Gasteiger partial charge in [0.05, 0.1) is 9.15 Å². The third-order valence-corrected chi connectivity index (χ3v) is 11.9. The van der Waals surface area contributed by atoms with Crippen LogP contribution < -0.4 is 5.32 Å². The maximum atomic E-state index is 13.2. The fourth-order valence-electron chi connectivity index (χ4n) is 6.38. The Morgan fingerprint density at radius 1 is 0.839 bits per heavy atom. The standard InChI is InChI=1S/C26H46Br3NO/c1-4-5-6-7-8-9-10-11-12-13-14-15-16-17-20-30-23(31)26-19-18-25(21(26)27,22(28)29)24(26,2)3/h21-22H,4-20H2,1-3H3,(H,30,31)/t21-,25+,26-/m0/s1. The van der Waals surface area contributed by atoms with Gasteiger partial charge in [-0.2, -0.15) is 0 Å². The first kappa shape index (κ1) is 28.1. The van der Waals surface area contributed by atoms with Crippen molar-refractivity contribution in [2.75, 3.05) is 6.54 Å². The smallest absolute Gasteiger partial charge is 0.227 e. The van der Waals surface area contributed by atoms with Crippen molar-refractivity contribution in [3.63, 3.8) is 0 Å². The van der Waals surface area contributed by atoms with Crippen molar-refractivity contribution in [2.45, 2.75) is 132 Å². The Morgan fingerprint density at radius 3 is 1.68 bits per heavy atom. The lowest BCUT2D eigenvalue weighted by atomic mass is 9.43. The summed E-state index contributed by atoms with van der Waals surface area (Å²) in [5.74, 6) is 0.267. The van der Waals surface area contributed by atoms with Crippen LogP contribution in [0.25, 0.3) is 0 Å². The number of unbranched alkanes of at least 4 members (excludes halogenated alkanes) is 13. The highest BCUT2D eigenvalue weighted by atomic mass is 79.9. The van der Waals surface area contributed by atoms with Gasteiger partial charge in [0, 0.05) is 16.8 Å². The topological polar surface area (TPSA) is 29.1 Å². The van der Waals surface area contributed by atoms with Crippen LogP contribution in [0.2, 0.25) is 0 Å². The molecule has 0 unspecified atom stereocenters. The summed E-state index contributed by atoms with van der Waals surface area (Å²) in [6, 6.07) is 0. The van der Waals surface area contributed by atoms with E-state index in [0.717, 1.165) is 25.8 Å². The largest absolute Gasteiger partial charge is 0.356 e. The molecule has 5 heteroatoms. The number of hydrogen-bond donors (Lipinski definition) is 1. The van der Waals surface area contributed by atoms with Crippen LogP contribution in [-0.4, -0.2) is 21.0 Å². The van der Waals surface area contributed by atoms with Crippen LogP contribution >= 0.6 is 47.8 Å². The zero-order valence-corrected chi connectivity index (χ0v) is 25.0. The fourth-order valence-corrected chi connectivity index (χ4v) is 11.3. The van der Waals surface area contributed by atoms with Gasteiger partial charge in [0.25, 0.3) is 0 Å². The molecule has 2 bridgehead atoms. The number of rotatable bonds is 17. The van der Waals surface area contributed by atoms with Gasteiger partial charge in [0.1, 0.15) is 0 Å². The lowest BCUT2D eigenvalue weighted by Gasteiger charge is -2.66. The molecule has 3 rings (SSSR count).